The van der Waals surface area contributed by atoms with Gasteiger partial charge in [-0.3, -0.25) is 24.1 Å². The normalized spacial score (nSPS) is 11.8. The van der Waals surface area contributed by atoms with Crippen LogP contribution in [0.15, 0.2) is 0 Å². The number of hydrogen-bond acceptors (Lipinski definition) is 7. The Bertz CT molecular complexity index is 628. The molecule has 0 heterocycles. The first-order valence-corrected chi connectivity index (χ1v) is 14.2. The number of methoxy groups -OCH3 is 2. The number of unbranched alkanes of at least 4 members (excludes halogenated alkanes) is 13. The maximum Gasteiger partial charge on any atom is 0.323 e. The van der Waals surface area contributed by atoms with Crippen molar-refractivity contribution in [2.45, 2.75) is 122 Å². The van der Waals surface area contributed by atoms with E-state index in [1.54, 1.807) is 0 Å². The Hall–Kier alpha value is -2.16. The van der Waals surface area contributed by atoms with E-state index in [2.05, 4.69) is 17.0 Å². The molecule has 216 valence electrons. The molecule has 0 radical (unpaired) electrons. The topological polar surface area (TPSA) is 122 Å². The molecule has 0 rings (SSSR count). The van der Waals surface area contributed by atoms with Crippen LogP contribution in [0, 0.1) is 0 Å². The number of carbonyl (C=O) groups excluding carboxylic acids is 3. The van der Waals surface area contributed by atoms with Crippen LogP contribution in [0.1, 0.15) is 116 Å². The molecule has 0 saturated carbocycles. The minimum absolute atomic E-state index is 0.0331. The Morgan fingerprint density at radius 3 is 1.76 bits per heavy atom. The first-order valence-electron chi connectivity index (χ1n) is 14.2. The third kappa shape index (κ3) is 20.6. The summed E-state index contributed by atoms with van der Waals surface area (Å²) >= 11 is 0. The lowest BCUT2D eigenvalue weighted by atomic mass is 10.0. The smallest absolute Gasteiger partial charge is 0.323 e. The van der Waals surface area contributed by atoms with Crippen molar-refractivity contribution in [3.05, 3.63) is 0 Å². The van der Waals surface area contributed by atoms with Gasteiger partial charge in [0.05, 0.1) is 27.3 Å². The van der Waals surface area contributed by atoms with Crippen molar-refractivity contribution in [3.8, 4) is 0 Å². The molecule has 0 aliphatic rings. The maximum atomic E-state index is 12.2. The lowest BCUT2D eigenvalue weighted by Crippen LogP contribution is -2.47. The van der Waals surface area contributed by atoms with E-state index in [1.807, 2.05) is 0 Å². The molecular weight excluding hydrogens is 476 g/mol. The van der Waals surface area contributed by atoms with Crippen molar-refractivity contribution >= 4 is 23.8 Å². The Morgan fingerprint density at radius 2 is 1.27 bits per heavy atom. The molecular formula is C28H52N2O7. The van der Waals surface area contributed by atoms with Gasteiger partial charge in [-0.05, 0) is 25.7 Å². The van der Waals surface area contributed by atoms with Crippen molar-refractivity contribution in [1.82, 2.24) is 10.2 Å². The van der Waals surface area contributed by atoms with Gasteiger partial charge in [0, 0.05) is 13.0 Å². The zero-order valence-electron chi connectivity index (χ0n) is 23.6. The van der Waals surface area contributed by atoms with Gasteiger partial charge in [-0.25, -0.2) is 0 Å². The van der Waals surface area contributed by atoms with Crippen LogP contribution in [0.25, 0.3) is 0 Å². The molecule has 9 heteroatoms. The van der Waals surface area contributed by atoms with E-state index in [-0.39, 0.29) is 12.5 Å². The Labute approximate surface area is 224 Å². The largest absolute Gasteiger partial charge is 0.480 e. The van der Waals surface area contributed by atoms with Gasteiger partial charge < -0.3 is 19.9 Å². The zero-order valence-corrected chi connectivity index (χ0v) is 23.6. The quantitative estimate of drug-likeness (QED) is 0.127. The average Bonchev–Trinajstić information content (AvgIpc) is 2.87. The molecule has 1 unspecified atom stereocenters. The summed E-state index contributed by atoms with van der Waals surface area (Å²) in [6.07, 6.45) is 18.5. The SMILES string of the molecule is CCCCCCCCCCCCCCCC(=O)NCCCCC(C(=O)OC)N(CC(=O)O)CC(=O)OC. The first-order chi connectivity index (χ1) is 17.8. The molecule has 0 aliphatic heterocycles. The first kappa shape index (κ1) is 34.8. The summed E-state index contributed by atoms with van der Waals surface area (Å²) in [4.78, 5) is 48.4. The molecule has 37 heavy (non-hydrogen) atoms. The van der Waals surface area contributed by atoms with Crippen LogP contribution in [-0.2, 0) is 28.7 Å². The van der Waals surface area contributed by atoms with Crippen molar-refractivity contribution < 1.29 is 33.8 Å². The average molecular weight is 529 g/mol. The number of ether oxygens (including phenoxy) is 2. The van der Waals surface area contributed by atoms with E-state index in [9.17, 15) is 19.2 Å². The molecule has 0 saturated heterocycles. The van der Waals surface area contributed by atoms with Gasteiger partial charge in [0.25, 0.3) is 0 Å². The fourth-order valence-electron chi connectivity index (χ4n) is 4.35. The summed E-state index contributed by atoms with van der Waals surface area (Å²) in [5.41, 5.74) is 0. The van der Waals surface area contributed by atoms with E-state index in [1.165, 1.54) is 89.7 Å². The zero-order chi connectivity index (χ0) is 27.7. The van der Waals surface area contributed by atoms with E-state index >= 15 is 0 Å². The van der Waals surface area contributed by atoms with Crippen LogP contribution in [0.4, 0.5) is 0 Å². The van der Waals surface area contributed by atoms with Crippen molar-refractivity contribution in [1.29, 1.82) is 0 Å². The van der Waals surface area contributed by atoms with Crippen LogP contribution in [0.3, 0.4) is 0 Å². The van der Waals surface area contributed by atoms with Crippen LogP contribution >= 0.6 is 0 Å². The predicted molar refractivity (Wildman–Crippen MR) is 144 cm³/mol. The number of esters is 2. The van der Waals surface area contributed by atoms with Crippen molar-refractivity contribution in [3.63, 3.8) is 0 Å². The van der Waals surface area contributed by atoms with Gasteiger partial charge in [-0.2, -0.15) is 0 Å². The predicted octanol–water partition coefficient (Wildman–Crippen LogP) is 4.86. The Kier molecular flexibility index (Phi) is 22.8. The standard InChI is InChI=1S/C28H52N2O7/c1-4-5-6-7-8-9-10-11-12-13-14-15-16-20-25(31)29-21-18-17-19-24(28(35)37-3)30(22-26(32)33)23-27(34)36-2/h24H,4-23H2,1-3H3,(H,29,31)(H,32,33). The molecule has 1 amide bonds. The summed E-state index contributed by atoms with van der Waals surface area (Å²) in [5.74, 6) is -2.35. The highest BCUT2D eigenvalue weighted by Gasteiger charge is 2.29. The monoisotopic (exact) mass is 528 g/mol. The lowest BCUT2D eigenvalue weighted by Gasteiger charge is -2.27. The summed E-state index contributed by atoms with van der Waals surface area (Å²) in [5, 5.41) is 12.1. The molecule has 9 nitrogen and oxygen atoms in total. The number of amides is 1. The van der Waals surface area contributed by atoms with E-state index < -0.39 is 30.5 Å². The molecule has 1 atom stereocenters. The van der Waals surface area contributed by atoms with Crippen LogP contribution < -0.4 is 5.32 Å². The van der Waals surface area contributed by atoms with E-state index in [0.29, 0.717) is 32.2 Å². The summed E-state index contributed by atoms with van der Waals surface area (Å²) in [6, 6.07) is -0.873. The molecule has 0 fully saturated rings. The van der Waals surface area contributed by atoms with E-state index in [4.69, 9.17) is 9.84 Å². The fraction of sp³-hybridized carbons (Fsp3) is 0.857. The number of carboxylic acid groups (broad SMARTS) is 1. The van der Waals surface area contributed by atoms with Crippen LogP contribution in [-0.4, -0.2) is 73.7 Å². The van der Waals surface area contributed by atoms with Gasteiger partial charge in [-0.1, -0.05) is 84.0 Å². The number of carboxylic acids is 1. The summed E-state index contributed by atoms with van der Waals surface area (Å²) in [6.45, 7) is 1.93. The number of nitrogens with one attached hydrogen (secondary N) is 1. The molecule has 0 aromatic carbocycles. The summed E-state index contributed by atoms with van der Waals surface area (Å²) in [7, 11) is 2.43. The highest BCUT2D eigenvalue weighted by Crippen LogP contribution is 2.14. The minimum atomic E-state index is -1.15. The number of carbonyl (C=O) groups is 4. The molecule has 0 aromatic heterocycles. The number of rotatable bonds is 25. The van der Waals surface area contributed by atoms with Crippen LogP contribution in [0.2, 0.25) is 0 Å². The van der Waals surface area contributed by atoms with Crippen LogP contribution in [0.5, 0.6) is 0 Å². The highest BCUT2D eigenvalue weighted by molar-refractivity contribution is 5.79. The Balaban J connectivity index is 3.95. The molecule has 0 bridgehead atoms. The highest BCUT2D eigenvalue weighted by atomic mass is 16.5. The van der Waals surface area contributed by atoms with Gasteiger partial charge >= 0.3 is 17.9 Å². The molecule has 0 spiro atoms. The Morgan fingerprint density at radius 1 is 0.730 bits per heavy atom. The maximum absolute atomic E-state index is 12.2. The minimum Gasteiger partial charge on any atom is -0.480 e. The van der Waals surface area contributed by atoms with Gasteiger partial charge in [0.2, 0.25) is 5.91 Å². The van der Waals surface area contributed by atoms with Gasteiger partial charge in [0.1, 0.15) is 6.04 Å². The summed E-state index contributed by atoms with van der Waals surface area (Å²) < 4.78 is 9.41. The molecule has 0 aliphatic carbocycles. The number of hydrogen-bond donors (Lipinski definition) is 2. The molecule has 2 N–H and O–H groups in total. The van der Waals surface area contributed by atoms with Crippen molar-refractivity contribution in [2.75, 3.05) is 33.9 Å². The third-order valence-corrected chi connectivity index (χ3v) is 6.55. The number of nitrogens with zero attached hydrogens (tertiary/aromatic N) is 1. The van der Waals surface area contributed by atoms with E-state index in [0.717, 1.165) is 12.8 Å². The third-order valence-electron chi connectivity index (χ3n) is 6.55. The van der Waals surface area contributed by atoms with Crippen molar-refractivity contribution in [2.24, 2.45) is 0 Å². The lowest BCUT2D eigenvalue weighted by molar-refractivity contribution is -0.152. The van der Waals surface area contributed by atoms with Gasteiger partial charge in [0.15, 0.2) is 0 Å². The molecule has 0 aromatic rings. The second-order valence-corrected chi connectivity index (χ2v) is 9.75. The fourth-order valence-corrected chi connectivity index (χ4v) is 4.35. The number of aliphatic carboxylic acids is 1. The second kappa shape index (κ2) is 24.2. The second-order valence-electron chi connectivity index (χ2n) is 9.75. The van der Waals surface area contributed by atoms with Gasteiger partial charge in [-0.15, -0.1) is 0 Å².